The number of carbonyl (C=O) groups excluding carboxylic acids is 1. The molecule has 0 atom stereocenters. The van der Waals surface area contributed by atoms with E-state index in [9.17, 15) is 4.79 Å². The second-order valence-electron chi connectivity index (χ2n) is 2.87. The van der Waals surface area contributed by atoms with Crippen molar-refractivity contribution in [1.29, 1.82) is 0 Å². The van der Waals surface area contributed by atoms with Crippen molar-refractivity contribution in [3.05, 3.63) is 42.2 Å². The molecule has 0 N–H and O–H groups in total. The zero-order valence-electron chi connectivity index (χ0n) is 7.31. The minimum absolute atomic E-state index is 0.343. The Labute approximate surface area is 87.0 Å². The standard InChI is InChI=1S/C11H8O2S/c12-7-9-3-6-11(13-9)8-1-4-10(14)5-2-8/h1-7,14H. The fraction of sp³-hybridized carbons (Fsp3) is 0. The maximum atomic E-state index is 10.4. The Balaban J connectivity index is 2.39. The topological polar surface area (TPSA) is 30.2 Å². The summed E-state index contributed by atoms with van der Waals surface area (Å²) in [6, 6.07) is 11.0. The van der Waals surface area contributed by atoms with Gasteiger partial charge in [0.25, 0.3) is 0 Å². The predicted octanol–water partition coefficient (Wildman–Crippen LogP) is 3.05. The second kappa shape index (κ2) is 3.72. The SMILES string of the molecule is O=Cc1ccc(-c2ccc(S)cc2)o1. The van der Waals surface area contributed by atoms with Gasteiger partial charge < -0.3 is 4.42 Å². The number of rotatable bonds is 2. The van der Waals surface area contributed by atoms with E-state index in [4.69, 9.17) is 4.42 Å². The molecule has 0 aliphatic heterocycles. The maximum Gasteiger partial charge on any atom is 0.185 e. The molecule has 0 fully saturated rings. The van der Waals surface area contributed by atoms with E-state index in [0.29, 0.717) is 17.8 Å². The summed E-state index contributed by atoms with van der Waals surface area (Å²) in [7, 11) is 0. The van der Waals surface area contributed by atoms with Crippen LogP contribution in [0.5, 0.6) is 0 Å². The molecule has 70 valence electrons. The fourth-order valence-corrected chi connectivity index (χ4v) is 1.35. The first kappa shape index (κ1) is 9.09. The third-order valence-electron chi connectivity index (χ3n) is 1.89. The van der Waals surface area contributed by atoms with Crippen LogP contribution in [-0.4, -0.2) is 6.29 Å². The van der Waals surface area contributed by atoms with E-state index in [-0.39, 0.29) is 0 Å². The molecule has 0 aliphatic carbocycles. The van der Waals surface area contributed by atoms with Gasteiger partial charge in [0.1, 0.15) is 5.76 Å². The van der Waals surface area contributed by atoms with Crippen molar-refractivity contribution in [2.75, 3.05) is 0 Å². The van der Waals surface area contributed by atoms with Crippen LogP contribution in [0.2, 0.25) is 0 Å². The molecule has 2 aromatic rings. The average Bonchev–Trinajstić information content (AvgIpc) is 2.67. The molecule has 2 rings (SSSR count). The third kappa shape index (κ3) is 1.72. The van der Waals surface area contributed by atoms with E-state index in [1.165, 1.54) is 0 Å². The van der Waals surface area contributed by atoms with Gasteiger partial charge in [-0.15, -0.1) is 12.6 Å². The number of carbonyl (C=O) groups is 1. The van der Waals surface area contributed by atoms with Crippen LogP contribution in [0.4, 0.5) is 0 Å². The number of thiol groups is 1. The van der Waals surface area contributed by atoms with Gasteiger partial charge in [-0.3, -0.25) is 4.79 Å². The molecule has 0 amide bonds. The van der Waals surface area contributed by atoms with Gasteiger partial charge in [-0.05, 0) is 24.3 Å². The van der Waals surface area contributed by atoms with Crippen molar-refractivity contribution in [1.82, 2.24) is 0 Å². The van der Waals surface area contributed by atoms with Crippen molar-refractivity contribution in [3.8, 4) is 11.3 Å². The molecule has 1 heterocycles. The summed E-state index contributed by atoms with van der Waals surface area (Å²) in [6.45, 7) is 0. The molecule has 2 nitrogen and oxygen atoms in total. The molecule has 0 unspecified atom stereocenters. The molecular weight excluding hydrogens is 196 g/mol. The lowest BCUT2D eigenvalue weighted by molar-refractivity contribution is 0.110. The highest BCUT2D eigenvalue weighted by Crippen LogP contribution is 2.22. The largest absolute Gasteiger partial charge is 0.453 e. The monoisotopic (exact) mass is 204 g/mol. The Kier molecular flexibility index (Phi) is 2.41. The highest BCUT2D eigenvalue weighted by molar-refractivity contribution is 7.80. The lowest BCUT2D eigenvalue weighted by atomic mass is 10.2. The van der Waals surface area contributed by atoms with E-state index in [0.717, 1.165) is 10.5 Å². The van der Waals surface area contributed by atoms with Gasteiger partial charge in [0.15, 0.2) is 12.0 Å². The summed E-state index contributed by atoms with van der Waals surface area (Å²) < 4.78 is 5.27. The molecule has 0 saturated heterocycles. The molecule has 0 radical (unpaired) electrons. The molecule has 0 saturated carbocycles. The number of aldehydes is 1. The van der Waals surface area contributed by atoms with Gasteiger partial charge >= 0.3 is 0 Å². The van der Waals surface area contributed by atoms with E-state index in [1.54, 1.807) is 12.1 Å². The summed E-state index contributed by atoms with van der Waals surface area (Å²) in [5, 5.41) is 0. The Bertz CT molecular complexity index is 443. The Morgan fingerprint density at radius 1 is 1.07 bits per heavy atom. The Hall–Kier alpha value is -1.48. The molecule has 1 aromatic heterocycles. The van der Waals surface area contributed by atoms with Crippen LogP contribution in [-0.2, 0) is 0 Å². The number of hydrogen-bond donors (Lipinski definition) is 1. The highest BCUT2D eigenvalue weighted by Gasteiger charge is 2.02. The lowest BCUT2D eigenvalue weighted by Crippen LogP contribution is -1.73. The van der Waals surface area contributed by atoms with Gasteiger partial charge in [-0.1, -0.05) is 12.1 Å². The molecule has 0 bridgehead atoms. The fourth-order valence-electron chi connectivity index (χ4n) is 1.20. The number of hydrogen-bond acceptors (Lipinski definition) is 3. The van der Waals surface area contributed by atoms with Crippen LogP contribution >= 0.6 is 12.6 Å². The molecule has 1 aromatic carbocycles. The number of benzene rings is 1. The highest BCUT2D eigenvalue weighted by atomic mass is 32.1. The molecule has 0 spiro atoms. The van der Waals surface area contributed by atoms with Crippen LogP contribution in [0, 0.1) is 0 Å². The van der Waals surface area contributed by atoms with Gasteiger partial charge in [-0.25, -0.2) is 0 Å². The van der Waals surface area contributed by atoms with E-state index >= 15 is 0 Å². The zero-order chi connectivity index (χ0) is 9.97. The van der Waals surface area contributed by atoms with Crippen LogP contribution in [0.25, 0.3) is 11.3 Å². The summed E-state index contributed by atoms with van der Waals surface area (Å²) in [6.07, 6.45) is 0.691. The smallest absolute Gasteiger partial charge is 0.185 e. The van der Waals surface area contributed by atoms with Crippen LogP contribution in [0.3, 0.4) is 0 Å². The van der Waals surface area contributed by atoms with Crippen molar-refractivity contribution in [2.45, 2.75) is 4.90 Å². The molecule has 14 heavy (non-hydrogen) atoms. The predicted molar refractivity (Wildman–Crippen MR) is 56.8 cm³/mol. The Morgan fingerprint density at radius 3 is 2.36 bits per heavy atom. The summed E-state index contributed by atoms with van der Waals surface area (Å²) in [5.41, 5.74) is 0.941. The first-order chi connectivity index (χ1) is 6.79. The third-order valence-corrected chi connectivity index (χ3v) is 2.19. The van der Waals surface area contributed by atoms with Crippen LogP contribution < -0.4 is 0 Å². The minimum atomic E-state index is 0.343. The summed E-state index contributed by atoms with van der Waals surface area (Å²) in [5.74, 6) is 1.04. The van der Waals surface area contributed by atoms with Gasteiger partial charge in [-0.2, -0.15) is 0 Å². The first-order valence-electron chi connectivity index (χ1n) is 4.14. The van der Waals surface area contributed by atoms with E-state index < -0.39 is 0 Å². The van der Waals surface area contributed by atoms with Gasteiger partial charge in [0.05, 0.1) is 0 Å². The molecular formula is C11H8O2S. The van der Waals surface area contributed by atoms with Gasteiger partial charge in [0.2, 0.25) is 0 Å². The minimum Gasteiger partial charge on any atom is -0.453 e. The number of furan rings is 1. The zero-order valence-corrected chi connectivity index (χ0v) is 8.20. The molecule has 3 heteroatoms. The van der Waals surface area contributed by atoms with E-state index in [1.807, 2.05) is 24.3 Å². The maximum absolute atomic E-state index is 10.4. The van der Waals surface area contributed by atoms with E-state index in [2.05, 4.69) is 12.6 Å². The van der Waals surface area contributed by atoms with Crippen molar-refractivity contribution >= 4 is 18.9 Å². The lowest BCUT2D eigenvalue weighted by Gasteiger charge is -1.96. The second-order valence-corrected chi connectivity index (χ2v) is 3.38. The summed E-state index contributed by atoms with van der Waals surface area (Å²) in [4.78, 5) is 11.3. The Morgan fingerprint density at radius 2 is 1.79 bits per heavy atom. The van der Waals surface area contributed by atoms with Crippen molar-refractivity contribution < 1.29 is 9.21 Å². The summed E-state index contributed by atoms with van der Waals surface area (Å²) >= 11 is 4.18. The van der Waals surface area contributed by atoms with Gasteiger partial charge in [0, 0.05) is 10.5 Å². The van der Waals surface area contributed by atoms with Crippen LogP contribution in [0.15, 0.2) is 45.7 Å². The first-order valence-corrected chi connectivity index (χ1v) is 4.59. The molecule has 0 aliphatic rings. The normalized spacial score (nSPS) is 10.1. The quantitative estimate of drug-likeness (QED) is 0.602. The van der Waals surface area contributed by atoms with Crippen LogP contribution in [0.1, 0.15) is 10.6 Å². The average molecular weight is 204 g/mol. The van der Waals surface area contributed by atoms with Crippen molar-refractivity contribution in [2.24, 2.45) is 0 Å². The van der Waals surface area contributed by atoms with Crippen molar-refractivity contribution in [3.63, 3.8) is 0 Å².